The number of nitriles is 1. The van der Waals surface area contributed by atoms with Crippen LogP contribution in [0.25, 0.3) is 4.72 Å². The highest BCUT2D eigenvalue weighted by Gasteiger charge is 2.33. The molecule has 0 spiro atoms. The zero-order valence-electron chi connectivity index (χ0n) is 8.79. The Bertz CT molecular complexity index is 620. The van der Waals surface area contributed by atoms with Gasteiger partial charge >= 0.3 is 6.18 Å². The van der Waals surface area contributed by atoms with Gasteiger partial charge in [0.15, 0.2) is 0 Å². The molecular formula is C9H5F3IN2O2S-. The van der Waals surface area contributed by atoms with E-state index in [9.17, 15) is 21.6 Å². The van der Waals surface area contributed by atoms with E-state index in [0.717, 1.165) is 12.3 Å². The second kappa shape index (κ2) is 4.93. The highest BCUT2D eigenvalue weighted by Crippen LogP contribution is 2.38. The SMILES string of the molecule is CS(=O)(=O)[N-]c1cc(C(F)(F)F)c(C#N)cc1I. The normalized spacial score (nSPS) is 12.0. The molecule has 0 fully saturated rings. The number of rotatable bonds is 2. The molecule has 0 atom stereocenters. The molecule has 0 N–H and O–H groups in total. The molecule has 4 nitrogen and oxygen atoms in total. The van der Waals surface area contributed by atoms with Crippen LogP contribution in [0.3, 0.4) is 0 Å². The average Bonchev–Trinajstić information content (AvgIpc) is 2.16. The van der Waals surface area contributed by atoms with Gasteiger partial charge in [-0.3, -0.25) is 0 Å². The molecule has 0 aliphatic rings. The third kappa shape index (κ3) is 3.74. The van der Waals surface area contributed by atoms with Crippen LogP contribution in [0.4, 0.5) is 18.9 Å². The molecule has 0 amide bonds. The van der Waals surface area contributed by atoms with Crippen LogP contribution < -0.4 is 0 Å². The molecule has 0 saturated carbocycles. The molecule has 0 radical (unpaired) electrons. The Kier molecular flexibility index (Phi) is 4.12. The predicted molar refractivity (Wildman–Crippen MR) is 66.7 cm³/mol. The van der Waals surface area contributed by atoms with E-state index in [1.54, 1.807) is 22.6 Å². The molecule has 0 bridgehead atoms. The topological polar surface area (TPSA) is 72.0 Å². The maximum atomic E-state index is 12.6. The van der Waals surface area contributed by atoms with Crippen LogP contribution in [0, 0.1) is 14.9 Å². The van der Waals surface area contributed by atoms with E-state index in [4.69, 9.17) is 5.26 Å². The van der Waals surface area contributed by atoms with Gasteiger partial charge in [0, 0.05) is 9.83 Å². The molecule has 0 aliphatic heterocycles. The smallest absolute Gasteiger partial charge is 0.417 e. The average molecular weight is 389 g/mol. The summed E-state index contributed by atoms with van der Waals surface area (Å²) in [4.78, 5) is 0. The fourth-order valence-corrected chi connectivity index (χ4v) is 2.40. The molecule has 0 heterocycles. The summed E-state index contributed by atoms with van der Waals surface area (Å²) in [5.74, 6) is 0. The van der Waals surface area contributed by atoms with Gasteiger partial charge in [0.05, 0.1) is 27.2 Å². The largest absolute Gasteiger partial charge is 0.576 e. The van der Waals surface area contributed by atoms with Crippen molar-refractivity contribution in [2.24, 2.45) is 0 Å². The lowest BCUT2D eigenvalue weighted by atomic mass is 10.1. The van der Waals surface area contributed by atoms with Crippen LogP contribution in [0.2, 0.25) is 0 Å². The standard InChI is InChI=1S/C9H5F3IN2O2S/c1-18(16,17)15-8-3-6(9(10,11)12)5(4-14)2-7(8)13/h2-3H,1H3/q-1. The Morgan fingerprint density at radius 3 is 2.33 bits per heavy atom. The van der Waals surface area contributed by atoms with Gasteiger partial charge in [-0.2, -0.15) is 18.4 Å². The fraction of sp³-hybridized carbons (Fsp3) is 0.222. The van der Waals surface area contributed by atoms with Crippen LogP contribution in [-0.2, 0) is 16.2 Å². The summed E-state index contributed by atoms with van der Waals surface area (Å²) >= 11 is 1.62. The van der Waals surface area contributed by atoms with Gasteiger partial charge in [-0.25, -0.2) is 8.42 Å². The lowest BCUT2D eigenvalue weighted by molar-refractivity contribution is -0.137. The van der Waals surface area contributed by atoms with Gasteiger partial charge < -0.3 is 4.72 Å². The number of halogens is 4. The minimum atomic E-state index is -4.74. The van der Waals surface area contributed by atoms with Crippen molar-refractivity contribution in [2.75, 3.05) is 6.26 Å². The highest BCUT2D eigenvalue weighted by atomic mass is 127. The number of hydrogen-bond donors (Lipinski definition) is 0. The van der Waals surface area contributed by atoms with E-state index >= 15 is 0 Å². The Hall–Kier alpha value is -1.02. The predicted octanol–water partition coefficient (Wildman–Crippen LogP) is 3.15. The van der Waals surface area contributed by atoms with E-state index in [-0.39, 0.29) is 9.26 Å². The summed E-state index contributed by atoms with van der Waals surface area (Å²) < 4.78 is 63.2. The van der Waals surface area contributed by atoms with Crippen molar-refractivity contribution in [1.29, 1.82) is 5.26 Å². The van der Waals surface area contributed by atoms with Gasteiger partial charge in [0.25, 0.3) is 0 Å². The van der Waals surface area contributed by atoms with Gasteiger partial charge in [-0.15, -0.1) is 5.69 Å². The van der Waals surface area contributed by atoms with Crippen LogP contribution in [-0.4, -0.2) is 14.7 Å². The van der Waals surface area contributed by atoms with Crippen LogP contribution in [0.15, 0.2) is 12.1 Å². The van der Waals surface area contributed by atoms with Gasteiger partial charge in [0.2, 0.25) is 0 Å². The minimum absolute atomic E-state index is 0.155. The summed E-state index contributed by atoms with van der Waals surface area (Å²) in [6.45, 7) is 0. The second-order valence-electron chi connectivity index (χ2n) is 3.28. The summed E-state index contributed by atoms with van der Waals surface area (Å²) in [5.41, 5.74) is -2.10. The third-order valence-corrected chi connectivity index (χ3v) is 3.17. The summed E-state index contributed by atoms with van der Waals surface area (Å²) in [6, 6.07) is 2.93. The van der Waals surface area contributed by atoms with E-state index in [0.29, 0.717) is 6.07 Å². The monoisotopic (exact) mass is 389 g/mol. The fourth-order valence-electron chi connectivity index (χ4n) is 1.14. The summed E-state index contributed by atoms with van der Waals surface area (Å²) in [6.07, 6.45) is -3.97. The van der Waals surface area contributed by atoms with E-state index < -0.39 is 27.3 Å². The molecule has 0 saturated heterocycles. The molecule has 1 rings (SSSR count). The lowest BCUT2D eigenvalue weighted by Gasteiger charge is -2.22. The first-order chi connectivity index (χ1) is 8.04. The van der Waals surface area contributed by atoms with Crippen molar-refractivity contribution >= 4 is 38.3 Å². The zero-order chi connectivity index (χ0) is 14.1. The molecule has 18 heavy (non-hydrogen) atoms. The molecule has 98 valence electrons. The van der Waals surface area contributed by atoms with Crippen LogP contribution in [0.5, 0.6) is 0 Å². The molecule has 1 aromatic rings. The number of sulfonamides is 1. The minimum Gasteiger partial charge on any atom is -0.576 e. The first-order valence-corrected chi connectivity index (χ1v) is 7.21. The molecule has 0 unspecified atom stereocenters. The van der Waals surface area contributed by atoms with Crippen molar-refractivity contribution in [2.45, 2.75) is 6.18 Å². The van der Waals surface area contributed by atoms with E-state index in [2.05, 4.69) is 4.72 Å². The summed E-state index contributed by atoms with van der Waals surface area (Å²) in [5, 5.41) is 8.63. The van der Waals surface area contributed by atoms with Crippen molar-refractivity contribution in [1.82, 2.24) is 0 Å². The maximum absolute atomic E-state index is 12.6. The zero-order valence-corrected chi connectivity index (χ0v) is 11.8. The Labute approximate surface area is 115 Å². The van der Waals surface area contributed by atoms with E-state index in [1.807, 2.05) is 0 Å². The quantitative estimate of drug-likeness (QED) is 0.730. The van der Waals surface area contributed by atoms with Crippen molar-refractivity contribution < 1.29 is 21.6 Å². The molecule has 0 aromatic heterocycles. The highest BCUT2D eigenvalue weighted by molar-refractivity contribution is 14.1. The molecular weight excluding hydrogens is 384 g/mol. The van der Waals surface area contributed by atoms with Gasteiger partial charge in [-0.05, 0) is 28.7 Å². The number of nitrogens with zero attached hydrogens (tertiary/aromatic N) is 2. The Morgan fingerprint density at radius 1 is 1.39 bits per heavy atom. The van der Waals surface area contributed by atoms with E-state index in [1.165, 1.54) is 6.07 Å². The molecule has 9 heteroatoms. The third-order valence-electron chi connectivity index (χ3n) is 1.78. The second-order valence-corrected chi connectivity index (χ2v) is 6.09. The maximum Gasteiger partial charge on any atom is 0.417 e. The molecule has 0 aliphatic carbocycles. The van der Waals surface area contributed by atoms with Crippen molar-refractivity contribution in [3.63, 3.8) is 0 Å². The van der Waals surface area contributed by atoms with Crippen LogP contribution >= 0.6 is 22.6 Å². The van der Waals surface area contributed by atoms with Gasteiger partial charge in [0.1, 0.15) is 0 Å². The Balaban J connectivity index is 3.46. The lowest BCUT2D eigenvalue weighted by Crippen LogP contribution is -2.08. The number of benzene rings is 1. The number of hydrogen-bond acceptors (Lipinski definition) is 3. The van der Waals surface area contributed by atoms with Crippen molar-refractivity contribution in [3.05, 3.63) is 31.6 Å². The summed E-state index contributed by atoms with van der Waals surface area (Å²) in [7, 11) is -3.81. The van der Waals surface area contributed by atoms with Crippen molar-refractivity contribution in [3.8, 4) is 6.07 Å². The van der Waals surface area contributed by atoms with Gasteiger partial charge in [-0.1, -0.05) is 6.07 Å². The van der Waals surface area contributed by atoms with Crippen LogP contribution in [0.1, 0.15) is 11.1 Å². The Morgan fingerprint density at radius 2 is 1.94 bits per heavy atom. The molecule has 1 aromatic carbocycles. The first kappa shape index (κ1) is 15.0. The first-order valence-electron chi connectivity index (χ1n) is 4.28. The number of alkyl halides is 3.